The molecule has 0 radical (unpaired) electrons. The molecule has 0 saturated carbocycles. The number of likely N-dealkylation sites (tertiary alicyclic amines) is 2. The van der Waals surface area contributed by atoms with Crippen LogP contribution in [0.2, 0.25) is 0 Å². The average molecular weight is 860 g/mol. The Morgan fingerprint density at radius 1 is 0.683 bits per heavy atom. The quantitative estimate of drug-likeness (QED) is 0.104. The maximum Gasteiger partial charge on any atom is 0.407 e. The topological polar surface area (TPSA) is 171 Å². The molecular weight excluding hydrogens is 803 g/mol. The molecule has 7 rings (SSSR count). The lowest BCUT2D eigenvalue weighted by Crippen LogP contribution is -2.51. The van der Waals surface area contributed by atoms with E-state index in [0.29, 0.717) is 69.2 Å². The summed E-state index contributed by atoms with van der Waals surface area (Å²) in [5.74, 6) is -0.565. The third kappa shape index (κ3) is 11.7. The highest BCUT2D eigenvalue weighted by Gasteiger charge is 2.39. The fraction of sp³-hybridized carbons (Fsp3) is 0.396. The molecule has 4 N–H and O–H groups in total. The van der Waals surface area contributed by atoms with Crippen LogP contribution in [0.5, 0.6) is 0 Å². The molecule has 5 amide bonds. The van der Waals surface area contributed by atoms with Crippen molar-refractivity contribution in [2.24, 2.45) is 5.92 Å². The Hall–Kier alpha value is -6.45. The number of rotatable bonds is 16. The fourth-order valence-corrected chi connectivity index (χ4v) is 8.72. The second-order valence-electron chi connectivity index (χ2n) is 16.3. The number of hydrogen-bond donors (Lipinski definition) is 4. The number of hydrogen-bond acceptors (Lipinski definition) is 10. The number of methoxy groups -OCH3 is 2. The van der Waals surface area contributed by atoms with Gasteiger partial charge in [0.25, 0.3) is 5.91 Å². The third-order valence-corrected chi connectivity index (χ3v) is 12.1. The maximum absolute atomic E-state index is 13.8. The van der Waals surface area contributed by atoms with Gasteiger partial charge in [-0.1, -0.05) is 72.8 Å². The number of alkyl carbamates (subject to hydrolysis) is 2. The summed E-state index contributed by atoms with van der Waals surface area (Å²) >= 11 is 0. The SMILES string of the molecule is COC(=O)NC(C(=O)N1CCCC1C(=O)Nc1ccc(CN(Cc2ccc(NC(=O)C3CCCN3CC(NC(=O)OC)C3CCOC3)cc2)c2ccccc2)cc1)c1ccccc1. The molecule has 0 aromatic heterocycles. The van der Waals surface area contributed by atoms with E-state index >= 15 is 0 Å². The van der Waals surface area contributed by atoms with E-state index in [0.717, 1.165) is 42.6 Å². The van der Waals surface area contributed by atoms with Gasteiger partial charge >= 0.3 is 12.2 Å². The van der Waals surface area contributed by atoms with Gasteiger partial charge in [0.15, 0.2) is 0 Å². The predicted octanol–water partition coefficient (Wildman–Crippen LogP) is 6.08. The zero-order valence-corrected chi connectivity index (χ0v) is 35.9. The van der Waals surface area contributed by atoms with Crippen LogP contribution in [-0.2, 0) is 41.7 Å². The number of nitrogens with zero attached hydrogens (tertiary/aromatic N) is 3. The molecule has 5 unspecified atom stereocenters. The van der Waals surface area contributed by atoms with Crippen molar-refractivity contribution in [1.29, 1.82) is 0 Å². The van der Waals surface area contributed by atoms with E-state index in [2.05, 4.69) is 43.2 Å². The molecule has 15 nitrogen and oxygen atoms in total. The van der Waals surface area contributed by atoms with Gasteiger partial charge in [-0.3, -0.25) is 19.3 Å². The van der Waals surface area contributed by atoms with Crippen LogP contribution in [-0.4, -0.2) is 105 Å². The number of anilines is 3. The minimum absolute atomic E-state index is 0.0658. The number of carbonyl (C=O) groups is 5. The Morgan fingerprint density at radius 2 is 1.24 bits per heavy atom. The predicted molar refractivity (Wildman–Crippen MR) is 239 cm³/mol. The third-order valence-electron chi connectivity index (χ3n) is 12.1. The summed E-state index contributed by atoms with van der Waals surface area (Å²) in [6.45, 7) is 4.13. The van der Waals surface area contributed by atoms with Crippen molar-refractivity contribution in [3.8, 4) is 0 Å². The Balaban J connectivity index is 0.956. The first kappa shape index (κ1) is 44.6. The highest BCUT2D eigenvalue weighted by molar-refractivity contribution is 5.99. The first-order chi connectivity index (χ1) is 30.7. The molecule has 3 aliphatic heterocycles. The van der Waals surface area contributed by atoms with E-state index in [1.165, 1.54) is 19.1 Å². The van der Waals surface area contributed by atoms with Crippen LogP contribution < -0.4 is 26.2 Å². The number of para-hydroxylation sites is 1. The van der Waals surface area contributed by atoms with Crippen molar-refractivity contribution in [2.75, 3.05) is 62.6 Å². The van der Waals surface area contributed by atoms with E-state index in [4.69, 9.17) is 14.2 Å². The van der Waals surface area contributed by atoms with E-state index in [9.17, 15) is 24.0 Å². The van der Waals surface area contributed by atoms with Crippen molar-refractivity contribution in [3.63, 3.8) is 0 Å². The molecule has 0 bridgehead atoms. The van der Waals surface area contributed by atoms with Crippen molar-refractivity contribution in [1.82, 2.24) is 20.4 Å². The molecule has 4 aromatic rings. The normalized spacial score (nSPS) is 19.4. The molecule has 3 saturated heterocycles. The van der Waals surface area contributed by atoms with Gasteiger partial charge < -0.3 is 45.3 Å². The second kappa shape index (κ2) is 21.6. The lowest BCUT2D eigenvalue weighted by Gasteiger charge is -2.31. The van der Waals surface area contributed by atoms with Gasteiger partial charge in [0.2, 0.25) is 11.8 Å². The maximum atomic E-state index is 13.8. The Labute approximate surface area is 368 Å². The molecular formula is C48H57N7O8. The first-order valence-electron chi connectivity index (χ1n) is 21.6. The smallest absolute Gasteiger partial charge is 0.407 e. The zero-order chi connectivity index (χ0) is 44.1. The second-order valence-corrected chi connectivity index (χ2v) is 16.3. The van der Waals surface area contributed by atoms with Crippen LogP contribution >= 0.6 is 0 Å². The van der Waals surface area contributed by atoms with Crippen LogP contribution in [0.15, 0.2) is 109 Å². The number of amides is 5. The molecule has 63 heavy (non-hydrogen) atoms. The molecule has 3 fully saturated rings. The fourth-order valence-electron chi connectivity index (χ4n) is 8.72. The van der Waals surface area contributed by atoms with Gasteiger partial charge in [-0.15, -0.1) is 0 Å². The summed E-state index contributed by atoms with van der Waals surface area (Å²) in [6.07, 6.45) is 2.43. The minimum atomic E-state index is -0.993. The highest BCUT2D eigenvalue weighted by atomic mass is 16.5. The van der Waals surface area contributed by atoms with Gasteiger partial charge in [0, 0.05) is 61.8 Å². The molecule has 0 aliphatic carbocycles. The van der Waals surface area contributed by atoms with Gasteiger partial charge in [-0.25, -0.2) is 9.59 Å². The number of nitrogens with one attached hydrogen (secondary N) is 4. The summed E-state index contributed by atoms with van der Waals surface area (Å²) in [5.41, 5.74) is 5.06. The van der Waals surface area contributed by atoms with Crippen LogP contribution in [0.1, 0.15) is 54.8 Å². The van der Waals surface area contributed by atoms with Crippen molar-refractivity contribution in [3.05, 3.63) is 126 Å². The summed E-state index contributed by atoms with van der Waals surface area (Å²) < 4.78 is 15.3. The molecule has 0 spiro atoms. The zero-order valence-electron chi connectivity index (χ0n) is 35.9. The van der Waals surface area contributed by atoms with Gasteiger partial charge in [-0.05, 0) is 91.7 Å². The van der Waals surface area contributed by atoms with Crippen LogP contribution in [0.25, 0.3) is 0 Å². The van der Waals surface area contributed by atoms with Crippen LogP contribution in [0, 0.1) is 5.92 Å². The largest absolute Gasteiger partial charge is 0.453 e. The van der Waals surface area contributed by atoms with Crippen LogP contribution in [0.4, 0.5) is 26.7 Å². The lowest BCUT2D eigenvalue weighted by atomic mass is 9.98. The molecule has 3 aliphatic rings. The van der Waals surface area contributed by atoms with Gasteiger partial charge in [0.05, 0.1) is 26.9 Å². The number of ether oxygens (including phenoxy) is 3. The summed E-state index contributed by atoms with van der Waals surface area (Å²) in [7, 11) is 2.60. The lowest BCUT2D eigenvalue weighted by molar-refractivity contribution is -0.138. The van der Waals surface area contributed by atoms with Crippen molar-refractivity contribution >= 4 is 47.0 Å². The Bertz CT molecular complexity index is 2150. The van der Waals surface area contributed by atoms with E-state index in [1.807, 2.05) is 72.8 Å². The molecule has 332 valence electrons. The van der Waals surface area contributed by atoms with Gasteiger partial charge in [-0.2, -0.15) is 0 Å². The van der Waals surface area contributed by atoms with E-state index < -0.39 is 24.3 Å². The van der Waals surface area contributed by atoms with E-state index in [1.54, 1.807) is 24.3 Å². The molecule has 15 heteroatoms. The van der Waals surface area contributed by atoms with Gasteiger partial charge in [0.1, 0.15) is 12.1 Å². The number of benzene rings is 4. The summed E-state index contributed by atoms with van der Waals surface area (Å²) in [5, 5.41) is 11.7. The van der Waals surface area contributed by atoms with Crippen molar-refractivity contribution < 1.29 is 38.2 Å². The Morgan fingerprint density at radius 3 is 1.83 bits per heavy atom. The number of carbonyl (C=O) groups excluding carboxylic acids is 5. The summed E-state index contributed by atoms with van der Waals surface area (Å²) in [4.78, 5) is 71.4. The monoisotopic (exact) mass is 859 g/mol. The molecule has 3 heterocycles. The first-order valence-corrected chi connectivity index (χ1v) is 21.6. The van der Waals surface area contributed by atoms with E-state index in [-0.39, 0.29) is 35.7 Å². The molecule has 4 aromatic carbocycles. The van der Waals surface area contributed by atoms with Crippen LogP contribution in [0.3, 0.4) is 0 Å². The van der Waals surface area contributed by atoms with Crippen molar-refractivity contribution in [2.45, 2.75) is 69.4 Å². The molecule has 5 atom stereocenters. The average Bonchev–Trinajstić information content (AvgIpc) is 4.13. The standard InChI is InChI=1S/C48H57N7O8/c1-61-47(59)51-40(36-25-28-63-32-36)31-53-26-9-15-41(53)44(56)49-37-21-17-33(18-22-37)29-54(39-13-7-4-8-14-39)30-34-19-23-38(24-20-34)50-45(57)42-16-10-27-55(42)46(58)43(52-48(60)62-2)35-11-5-3-6-12-35/h3-8,11-14,17-24,36,40-43H,9-10,15-16,25-32H2,1-2H3,(H,49,56)(H,50,57)(H,51,59)(H,52,60). The highest BCUT2D eigenvalue weighted by Crippen LogP contribution is 2.28. The summed E-state index contributed by atoms with van der Waals surface area (Å²) in [6, 6.07) is 32.5. The Kier molecular flexibility index (Phi) is 15.3. The minimum Gasteiger partial charge on any atom is -0.453 e.